The van der Waals surface area contributed by atoms with Crippen LogP contribution in [0.1, 0.15) is 13.3 Å². The number of nitrogens with one attached hydrogen (secondary N) is 3. The van der Waals surface area contributed by atoms with Gasteiger partial charge in [-0.3, -0.25) is 14.1 Å². The molecule has 5 rings (SSSR count). The van der Waals surface area contributed by atoms with Gasteiger partial charge >= 0.3 is 0 Å². The number of halogens is 1. The van der Waals surface area contributed by atoms with Gasteiger partial charge in [-0.1, -0.05) is 24.6 Å². The maximum absolute atomic E-state index is 11.9. The highest BCUT2D eigenvalue weighted by molar-refractivity contribution is 7.92. The fraction of sp³-hybridized carbons (Fsp3) is 0.240. The number of hydrogen-bond donors (Lipinski definition) is 3. The van der Waals surface area contributed by atoms with Crippen LogP contribution < -0.4 is 15.5 Å². The Kier molecular flexibility index (Phi) is 6.55. The Hall–Kier alpha value is -3.63. The van der Waals surface area contributed by atoms with Crippen molar-refractivity contribution in [3.05, 3.63) is 65.9 Å². The zero-order valence-corrected chi connectivity index (χ0v) is 21.3. The molecule has 2 aromatic carbocycles. The van der Waals surface area contributed by atoms with Gasteiger partial charge in [0.15, 0.2) is 5.82 Å². The Morgan fingerprint density at radius 3 is 2.61 bits per heavy atom. The van der Waals surface area contributed by atoms with Crippen LogP contribution in [0.3, 0.4) is 0 Å². The van der Waals surface area contributed by atoms with Crippen LogP contribution >= 0.6 is 11.6 Å². The van der Waals surface area contributed by atoms with Gasteiger partial charge in [-0.25, -0.2) is 9.19 Å². The highest BCUT2D eigenvalue weighted by Gasteiger charge is 2.19. The molecule has 1 saturated heterocycles. The molecule has 0 bridgehead atoms. The average molecular weight is 524 g/mol. The van der Waals surface area contributed by atoms with Crippen LogP contribution in [0.4, 0.5) is 23.0 Å². The van der Waals surface area contributed by atoms with E-state index in [4.69, 9.17) is 16.4 Å². The van der Waals surface area contributed by atoms with Gasteiger partial charge in [0.25, 0.3) is 0 Å². The monoisotopic (exact) mass is 523 g/mol. The molecular weight excluding hydrogens is 498 g/mol. The summed E-state index contributed by atoms with van der Waals surface area (Å²) in [6, 6.07) is 15.5. The van der Waals surface area contributed by atoms with E-state index in [1.807, 2.05) is 66.2 Å². The van der Waals surface area contributed by atoms with E-state index in [2.05, 4.69) is 25.5 Å². The fourth-order valence-electron chi connectivity index (χ4n) is 4.16. The second-order valence-corrected chi connectivity index (χ2v) is 11.4. The molecule has 186 valence electrons. The summed E-state index contributed by atoms with van der Waals surface area (Å²) < 4.78 is 21.5. The zero-order chi connectivity index (χ0) is 25.3. The molecule has 0 aliphatic carbocycles. The van der Waals surface area contributed by atoms with E-state index in [0.29, 0.717) is 47.8 Å². The molecule has 1 aliphatic heterocycles. The number of nitrogens with zero attached hydrogens (tertiary/aromatic N) is 4. The highest BCUT2D eigenvalue weighted by atomic mass is 35.5. The van der Waals surface area contributed by atoms with E-state index in [-0.39, 0.29) is 5.91 Å². The summed E-state index contributed by atoms with van der Waals surface area (Å²) in [4.78, 5) is 23.1. The number of amides is 1. The van der Waals surface area contributed by atoms with Crippen LogP contribution in [-0.4, -0.2) is 49.2 Å². The number of benzene rings is 2. The number of carbonyl (C=O) groups is 1. The largest absolute Gasteiger partial charge is 0.370 e. The summed E-state index contributed by atoms with van der Waals surface area (Å²) >= 11 is 6.48. The van der Waals surface area contributed by atoms with E-state index in [1.54, 1.807) is 6.20 Å². The van der Waals surface area contributed by atoms with Gasteiger partial charge in [0.2, 0.25) is 11.9 Å². The van der Waals surface area contributed by atoms with Crippen molar-refractivity contribution in [2.24, 2.45) is 0 Å². The van der Waals surface area contributed by atoms with E-state index in [0.717, 1.165) is 28.0 Å². The third-order valence-corrected chi connectivity index (χ3v) is 8.10. The normalized spacial score (nSPS) is 15.1. The highest BCUT2D eigenvalue weighted by Crippen LogP contribution is 2.30. The lowest BCUT2D eigenvalue weighted by atomic mass is 10.2. The number of fused-ring (bicyclic) bond motifs is 1. The van der Waals surface area contributed by atoms with Gasteiger partial charge in [-0.15, -0.1) is 0 Å². The number of carbonyl (C=O) groups excluding carboxylic acids is 1. The van der Waals surface area contributed by atoms with Gasteiger partial charge in [-0.05, 0) is 42.5 Å². The van der Waals surface area contributed by atoms with Crippen molar-refractivity contribution in [1.82, 2.24) is 14.5 Å². The van der Waals surface area contributed by atoms with Gasteiger partial charge < -0.3 is 15.5 Å². The molecule has 11 heteroatoms. The first kappa shape index (κ1) is 24.1. The first-order chi connectivity index (χ1) is 17.3. The summed E-state index contributed by atoms with van der Waals surface area (Å²) in [5.74, 6) is 1.66. The first-order valence-electron chi connectivity index (χ1n) is 11.6. The van der Waals surface area contributed by atoms with E-state index in [9.17, 15) is 9.00 Å². The fourth-order valence-corrected chi connectivity index (χ4v) is 5.58. The predicted octanol–water partition coefficient (Wildman–Crippen LogP) is 5.03. The van der Waals surface area contributed by atoms with Crippen LogP contribution in [0.5, 0.6) is 0 Å². The van der Waals surface area contributed by atoms with Gasteiger partial charge in [0, 0.05) is 63.7 Å². The SMILES string of the molecule is CCC(=O)Nc1cccc2c1ccn2-c1nc(Nc2ccc(N3CCS(=N)(=O)CC3)cc2)ncc1Cl. The molecule has 0 radical (unpaired) electrons. The maximum Gasteiger partial charge on any atom is 0.229 e. The van der Waals surface area contributed by atoms with Crippen molar-refractivity contribution < 1.29 is 9.00 Å². The van der Waals surface area contributed by atoms with Crippen LogP contribution in [-0.2, 0) is 14.5 Å². The Balaban J connectivity index is 1.38. The van der Waals surface area contributed by atoms with Crippen molar-refractivity contribution in [3.63, 3.8) is 0 Å². The van der Waals surface area contributed by atoms with Crippen LogP contribution in [0.25, 0.3) is 16.7 Å². The zero-order valence-electron chi connectivity index (χ0n) is 19.7. The summed E-state index contributed by atoms with van der Waals surface area (Å²) in [6.07, 6.45) is 3.82. The van der Waals surface area contributed by atoms with Gasteiger partial charge in [-0.2, -0.15) is 4.98 Å². The van der Waals surface area contributed by atoms with E-state index < -0.39 is 9.73 Å². The number of aromatic nitrogens is 3. The van der Waals surface area contributed by atoms with Crippen molar-refractivity contribution >= 4 is 61.2 Å². The Morgan fingerprint density at radius 2 is 1.89 bits per heavy atom. The second-order valence-electron chi connectivity index (χ2n) is 8.57. The molecule has 0 spiro atoms. The summed E-state index contributed by atoms with van der Waals surface area (Å²) in [6.45, 7) is 3.05. The minimum atomic E-state index is -2.42. The minimum absolute atomic E-state index is 0.0517. The first-order valence-corrected chi connectivity index (χ1v) is 13.9. The molecule has 0 atom stereocenters. The third-order valence-electron chi connectivity index (χ3n) is 6.15. The third kappa shape index (κ3) is 5.00. The quantitative estimate of drug-likeness (QED) is 0.326. The molecular formula is C25H26ClN7O2S. The maximum atomic E-state index is 11.9. The van der Waals surface area contributed by atoms with Crippen LogP contribution in [0, 0.1) is 4.78 Å². The second kappa shape index (κ2) is 9.79. The van der Waals surface area contributed by atoms with Crippen LogP contribution in [0.15, 0.2) is 60.9 Å². The van der Waals surface area contributed by atoms with E-state index >= 15 is 0 Å². The summed E-state index contributed by atoms with van der Waals surface area (Å²) in [5, 5.41) is 7.44. The summed E-state index contributed by atoms with van der Waals surface area (Å²) in [5.41, 5.74) is 3.44. The molecule has 0 saturated carbocycles. The molecule has 2 aromatic heterocycles. The van der Waals surface area contributed by atoms with Gasteiger partial charge in [0.05, 0.1) is 17.4 Å². The molecule has 0 unspecified atom stereocenters. The summed E-state index contributed by atoms with van der Waals surface area (Å²) in [7, 11) is -2.42. The Labute approximate surface area is 214 Å². The number of anilines is 4. The standard InChI is InChI=1S/C25H26ClN7O2S/c1-2-23(34)30-21-4-3-5-22-19(21)10-11-33(22)24-20(26)16-28-25(31-24)29-17-6-8-18(9-7-17)32-12-14-36(27,35)15-13-32/h3-11,16,27H,2,12-15H2,1H3,(H,30,34)(H,28,29,31). The molecule has 4 aromatic rings. The smallest absolute Gasteiger partial charge is 0.229 e. The minimum Gasteiger partial charge on any atom is -0.370 e. The van der Waals surface area contributed by atoms with E-state index in [1.165, 1.54) is 0 Å². The molecule has 1 aliphatic rings. The predicted molar refractivity (Wildman–Crippen MR) is 145 cm³/mol. The molecule has 3 N–H and O–H groups in total. The molecule has 3 heterocycles. The molecule has 1 amide bonds. The molecule has 36 heavy (non-hydrogen) atoms. The average Bonchev–Trinajstić information content (AvgIpc) is 3.31. The topological polar surface area (TPSA) is 116 Å². The number of hydrogen-bond acceptors (Lipinski definition) is 7. The lowest BCUT2D eigenvalue weighted by molar-refractivity contribution is -0.115. The van der Waals surface area contributed by atoms with Crippen molar-refractivity contribution in [2.75, 3.05) is 40.1 Å². The van der Waals surface area contributed by atoms with Crippen molar-refractivity contribution in [1.29, 1.82) is 4.78 Å². The Bertz CT molecular complexity index is 1520. The van der Waals surface area contributed by atoms with Crippen molar-refractivity contribution in [2.45, 2.75) is 13.3 Å². The lowest BCUT2D eigenvalue weighted by Crippen LogP contribution is -2.39. The molecule has 9 nitrogen and oxygen atoms in total. The van der Waals surface area contributed by atoms with Gasteiger partial charge in [0.1, 0.15) is 5.02 Å². The Morgan fingerprint density at radius 1 is 1.14 bits per heavy atom. The molecule has 1 fully saturated rings. The lowest BCUT2D eigenvalue weighted by Gasteiger charge is -2.30. The van der Waals surface area contributed by atoms with Crippen molar-refractivity contribution in [3.8, 4) is 5.82 Å². The van der Waals surface area contributed by atoms with Crippen LogP contribution in [0.2, 0.25) is 5.02 Å². The number of rotatable bonds is 6.